The lowest BCUT2D eigenvalue weighted by Crippen LogP contribution is -2.47. The van der Waals surface area contributed by atoms with Gasteiger partial charge in [0.05, 0.1) is 12.1 Å². The van der Waals surface area contributed by atoms with Crippen LogP contribution in [0.3, 0.4) is 0 Å². The van der Waals surface area contributed by atoms with Crippen molar-refractivity contribution in [1.82, 2.24) is 10.6 Å². The highest BCUT2D eigenvalue weighted by molar-refractivity contribution is 7.10. The number of aryl methyl sites for hydroxylation is 1. The van der Waals surface area contributed by atoms with E-state index in [-0.39, 0.29) is 6.04 Å². The summed E-state index contributed by atoms with van der Waals surface area (Å²) in [6.07, 6.45) is 0.981. The number of benzene rings is 1. The van der Waals surface area contributed by atoms with Gasteiger partial charge in [0.2, 0.25) is 5.91 Å². The largest absolute Gasteiger partial charge is 0.351 e. The van der Waals surface area contributed by atoms with Gasteiger partial charge in [0.15, 0.2) is 0 Å². The Morgan fingerprint density at radius 3 is 2.43 bits per heavy atom. The molecule has 2 atom stereocenters. The molecule has 23 heavy (non-hydrogen) atoms. The predicted octanol–water partition coefficient (Wildman–Crippen LogP) is 2.57. The molecule has 1 heterocycles. The molecule has 0 saturated heterocycles. The highest BCUT2D eigenvalue weighted by atomic mass is 32.1. The van der Waals surface area contributed by atoms with Crippen molar-refractivity contribution in [2.45, 2.75) is 32.4 Å². The van der Waals surface area contributed by atoms with Crippen LogP contribution in [0, 0.1) is 0 Å². The van der Waals surface area contributed by atoms with Gasteiger partial charge in [0, 0.05) is 4.88 Å². The van der Waals surface area contributed by atoms with Gasteiger partial charge in [-0.2, -0.15) is 0 Å². The number of rotatable bonds is 6. The van der Waals surface area contributed by atoms with E-state index in [1.165, 1.54) is 5.56 Å². The third kappa shape index (κ3) is 4.64. The monoisotopic (exact) mass is 331 g/mol. The molecule has 0 spiro atoms. The van der Waals surface area contributed by atoms with Crippen LogP contribution < -0.4 is 16.4 Å². The average molecular weight is 331 g/mol. The minimum Gasteiger partial charge on any atom is -0.351 e. The summed E-state index contributed by atoms with van der Waals surface area (Å²) < 4.78 is 0. The van der Waals surface area contributed by atoms with Crippen LogP contribution >= 0.6 is 11.3 Å². The van der Waals surface area contributed by atoms with Crippen molar-refractivity contribution in [2.24, 2.45) is 5.73 Å². The molecule has 0 radical (unpaired) electrons. The molecule has 5 nitrogen and oxygen atoms in total. The molecule has 0 aliphatic heterocycles. The quantitative estimate of drug-likeness (QED) is 0.760. The molecule has 2 rings (SSSR count). The smallest absolute Gasteiger partial charge is 0.318 e. The van der Waals surface area contributed by atoms with Crippen molar-refractivity contribution < 1.29 is 9.59 Å². The first-order valence-corrected chi connectivity index (χ1v) is 8.37. The van der Waals surface area contributed by atoms with Gasteiger partial charge in [-0.05, 0) is 35.9 Å². The SMILES string of the molecule is CCc1ccc([C@@H](N[C@@H](C)C(=O)NC(N)=O)c2cccs2)cc1. The van der Waals surface area contributed by atoms with Crippen LogP contribution in [0.2, 0.25) is 0 Å². The first-order valence-electron chi connectivity index (χ1n) is 7.49. The molecular weight excluding hydrogens is 310 g/mol. The maximum Gasteiger partial charge on any atom is 0.318 e. The van der Waals surface area contributed by atoms with E-state index in [4.69, 9.17) is 5.73 Å². The number of amides is 3. The van der Waals surface area contributed by atoms with Gasteiger partial charge < -0.3 is 5.73 Å². The van der Waals surface area contributed by atoms with Crippen molar-refractivity contribution in [3.05, 3.63) is 57.8 Å². The second-order valence-electron chi connectivity index (χ2n) is 5.29. The molecule has 4 N–H and O–H groups in total. The molecule has 6 heteroatoms. The van der Waals surface area contributed by atoms with Gasteiger partial charge >= 0.3 is 6.03 Å². The molecule has 0 aliphatic rings. The number of nitrogens with two attached hydrogens (primary N) is 1. The fourth-order valence-corrected chi connectivity index (χ4v) is 3.11. The van der Waals surface area contributed by atoms with E-state index in [0.717, 1.165) is 16.9 Å². The van der Waals surface area contributed by atoms with E-state index >= 15 is 0 Å². The highest BCUT2D eigenvalue weighted by Gasteiger charge is 2.22. The second-order valence-corrected chi connectivity index (χ2v) is 6.26. The Balaban J connectivity index is 2.21. The predicted molar refractivity (Wildman–Crippen MR) is 92.3 cm³/mol. The van der Waals surface area contributed by atoms with Crippen LogP contribution in [0.5, 0.6) is 0 Å². The summed E-state index contributed by atoms with van der Waals surface area (Å²) in [5.41, 5.74) is 7.34. The lowest BCUT2D eigenvalue weighted by atomic mass is 10.0. The lowest BCUT2D eigenvalue weighted by molar-refractivity contribution is -0.121. The number of urea groups is 1. The van der Waals surface area contributed by atoms with Crippen molar-refractivity contribution in [1.29, 1.82) is 0 Å². The molecule has 3 amide bonds. The minimum atomic E-state index is -0.844. The third-order valence-electron chi connectivity index (χ3n) is 3.61. The molecule has 0 unspecified atom stereocenters. The molecule has 1 aromatic heterocycles. The summed E-state index contributed by atoms with van der Waals surface area (Å²) in [4.78, 5) is 23.9. The maximum atomic E-state index is 11.9. The third-order valence-corrected chi connectivity index (χ3v) is 4.54. The van der Waals surface area contributed by atoms with Gasteiger partial charge in [0.25, 0.3) is 0 Å². The Bertz CT molecular complexity index is 653. The average Bonchev–Trinajstić information content (AvgIpc) is 3.06. The zero-order valence-corrected chi connectivity index (χ0v) is 14.0. The van der Waals surface area contributed by atoms with Crippen molar-refractivity contribution >= 4 is 23.3 Å². The molecule has 2 aromatic rings. The number of hydrogen-bond acceptors (Lipinski definition) is 4. The van der Waals surface area contributed by atoms with Gasteiger partial charge in [-0.25, -0.2) is 4.79 Å². The summed E-state index contributed by atoms with van der Waals surface area (Å²) in [6, 6.07) is 10.8. The van der Waals surface area contributed by atoms with Crippen LogP contribution in [0.25, 0.3) is 0 Å². The van der Waals surface area contributed by atoms with E-state index in [1.54, 1.807) is 18.3 Å². The van der Waals surface area contributed by atoms with Gasteiger partial charge in [-0.15, -0.1) is 11.3 Å². The fraction of sp³-hybridized carbons (Fsp3) is 0.294. The Morgan fingerprint density at radius 2 is 1.91 bits per heavy atom. The van der Waals surface area contributed by atoms with Gasteiger partial charge in [0.1, 0.15) is 0 Å². The fourth-order valence-electron chi connectivity index (χ4n) is 2.30. The first kappa shape index (κ1) is 17.2. The lowest BCUT2D eigenvalue weighted by Gasteiger charge is -2.22. The van der Waals surface area contributed by atoms with E-state index < -0.39 is 18.0 Å². The van der Waals surface area contributed by atoms with E-state index in [0.29, 0.717) is 0 Å². The summed E-state index contributed by atoms with van der Waals surface area (Å²) in [7, 11) is 0. The zero-order chi connectivity index (χ0) is 16.8. The summed E-state index contributed by atoms with van der Waals surface area (Å²) in [6.45, 7) is 3.82. The van der Waals surface area contributed by atoms with E-state index in [2.05, 4.69) is 41.8 Å². The molecule has 0 saturated carbocycles. The number of thiophene rings is 1. The Kier molecular flexibility index (Phi) is 5.90. The van der Waals surface area contributed by atoms with Crippen molar-refractivity contribution in [3.8, 4) is 0 Å². The van der Waals surface area contributed by atoms with Gasteiger partial charge in [-0.3, -0.25) is 15.4 Å². The van der Waals surface area contributed by atoms with Crippen LogP contribution in [0.1, 0.15) is 35.9 Å². The minimum absolute atomic E-state index is 0.116. The topological polar surface area (TPSA) is 84.2 Å². The maximum absolute atomic E-state index is 11.9. The van der Waals surface area contributed by atoms with E-state index in [1.807, 2.05) is 17.5 Å². The van der Waals surface area contributed by atoms with Crippen LogP contribution in [0.15, 0.2) is 41.8 Å². The van der Waals surface area contributed by atoms with Gasteiger partial charge in [-0.1, -0.05) is 37.3 Å². The van der Waals surface area contributed by atoms with Crippen molar-refractivity contribution in [3.63, 3.8) is 0 Å². The molecule has 0 bridgehead atoms. The van der Waals surface area contributed by atoms with Crippen LogP contribution in [-0.4, -0.2) is 18.0 Å². The summed E-state index contributed by atoms with van der Waals surface area (Å²) in [5.74, 6) is -0.441. The number of nitrogens with one attached hydrogen (secondary N) is 2. The van der Waals surface area contributed by atoms with Crippen LogP contribution in [0.4, 0.5) is 4.79 Å². The second kappa shape index (κ2) is 7.89. The number of carbonyl (C=O) groups is 2. The summed E-state index contributed by atoms with van der Waals surface area (Å²) in [5, 5.41) is 7.37. The number of imide groups is 1. The molecule has 122 valence electrons. The number of primary amides is 1. The molecule has 0 aliphatic carbocycles. The number of carbonyl (C=O) groups excluding carboxylic acids is 2. The normalized spacial score (nSPS) is 13.3. The molecule has 0 fully saturated rings. The molecular formula is C17H21N3O2S. The Morgan fingerprint density at radius 1 is 1.22 bits per heavy atom. The highest BCUT2D eigenvalue weighted by Crippen LogP contribution is 2.27. The molecule has 1 aromatic carbocycles. The summed E-state index contributed by atoms with van der Waals surface area (Å²) >= 11 is 1.62. The first-order chi connectivity index (χ1) is 11.0. The zero-order valence-electron chi connectivity index (χ0n) is 13.2. The Hall–Kier alpha value is -2.18. The van der Waals surface area contributed by atoms with Crippen LogP contribution in [-0.2, 0) is 11.2 Å². The standard InChI is InChI=1S/C17H21N3O2S/c1-3-12-6-8-13(9-7-12)15(14-5-4-10-23-14)19-11(2)16(21)20-17(18)22/h4-11,15,19H,3H2,1-2H3,(H3,18,20,21,22)/t11-,15+/m0/s1. The Labute approximate surface area is 139 Å². The van der Waals surface area contributed by atoms with Crippen molar-refractivity contribution in [2.75, 3.05) is 0 Å². The number of hydrogen-bond donors (Lipinski definition) is 3. The van der Waals surface area contributed by atoms with E-state index in [9.17, 15) is 9.59 Å².